The molecule has 0 fully saturated rings. The van der Waals surface area contributed by atoms with E-state index >= 15 is 0 Å². The number of halogens is 2. The third-order valence-electron chi connectivity index (χ3n) is 1.91. The summed E-state index contributed by atoms with van der Waals surface area (Å²) in [5.41, 5.74) is 0. The average Bonchev–Trinajstić information content (AvgIpc) is 2.23. The van der Waals surface area contributed by atoms with E-state index in [4.69, 9.17) is 4.74 Å². The molecule has 0 bridgehead atoms. The fourth-order valence-corrected chi connectivity index (χ4v) is 1.49. The minimum atomic E-state index is -0.269. The molecular weight excluding hydrogens is 261 g/mol. The van der Waals surface area contributed by atoms with E-state index in [0.29, 0.717) is 16.8 Å². The van der Waals surface area contributed by atoms with Crippen LogP contribution >= 0.6 is 15.9 Å². The first-order chi connectivity index (χ1) is 7.24. The molecule has 0 aliphatic heterocycles. The molecule has 0 aliphatic carbocycles. The Hall–Kier alpha value is -0.610. The van der Waals surface area contributed by atoms with Crippen molar-refractivity contribution in [3.63, 3.8) is 0 Å². The third kappa shape index (κ3) is 4.62. The highest BCUT2D eigenvalue weighted by molar-refractivity contribution is 9.10. The zero-order chi connectivity index (χ0) is 11.1. The molecule has 0 amide bonds. The van der Waals surface area contributed by atoms with Crippen LogP contribution in [0, 0.1) is 5.82 Å². The number of nitrogens with one attached hydrogen (secondary N) is 1. The fourth-order valence-electron chi connectivity index (χ4n) is 1.13. The van der Waals surface area contributed by atoms with Gasteiger partial charge in [-0.15, -0.1) is 0 Å². The predicted molar refractivity (Wildman–Crippen MR) is 62.8 cm³/mol. The highest BCUT2D eigenvalue weighted by Gasteiger charge is 2.00. The summed E-state index contributed by atoms with van der Waals surface area (Å²) < 4.78 is 18.8. The molecule has 0 spiro atoms. The second-order valence-electron chi connectivity index (χ2n) is 3.13. The molecule has 0 saturated heterocycles. The molecule has 4 heteroatoms. The van der Waals surface area contributed by atoms with Gasteiger partial charge in [-0.3, -0.25) is 0 Å². The Bertz CT molecular complexity index is 307. The molecule has 0 saturated carbocycles. The van der Waals surface area contributed by atoms with Gasteiger partial charge in [0, 0.05) is 0 Å². The lowest BCUT2D eigenvalue weighted by Crippen LogP contribution is -2.16. The van der Waals surface area contributed by atoms with Crippen LogP contribution in [0.5, 0.6) is 5.75 Å². The zero-order valence-corrected chi connectivity index (χ0v) is 10.3. The first-order valence-corrected chi connectivity index (χ1v) is 5.82. The third-order valence-corrected chi connectivity index (χ3v) is 2.52. The van der Waals surface area contributed by atoms with Crippen LogP contribution in [0.1, 0.15) is 13.3 Å². The molecule has 15 heavy (non-hydrogen) atoms. The molecule has 1 aromatic carbocycles. The highest BCUT2D eigenvalue weighted by atomic mass is 79.9. The Morgan fingerprint density at radius 2 is 2.27 bits per heavy atom. The normalized spacial score (nSPS) is 10.3. The van der Waals surface area contributed by atoms with Gasteiger partial charge >= 0.3 is 0 Å². The second kappa shape index (κ2) is 6.80. The van der Waals surface area contributed by atoms with E-state index in [-0.39, 0.29) is 5.82 Å². The number of benzene rings is 1. The van der Waals surface area contributed by atoms with E-state index in [0.717, 1.165) is 19.5 Å². The summed E-state index contributed by atoms with van der Waals surface area (Å²) in [6.45, 7) is 4.63. The van der Waals surface area contributed by atoms with Crippen molar-refractivity contribution < 1.29 is 9.13 Å². The summed E-state index contributed by atoms with van der Waals surface area (Å²) in [5.74, 6) is 0.426. The van der Waals surface area contributed by atoms with E-state index in [1.807, 2.05) is 0 Å². The van der Waals surface area contributed by atoms with Crippen molar-refractivity contribution in [2.24, 2.45) is 0 Å². The van der Waals surface area contributed by atoms with E-state index in [1.54, 1.807) is 12.1 Å². The van der Waals surface area contributed by atoms with Gasteiger partial charge < -0.3 is 10.1 Å². The summed E-state index contributed by atoms with van der Waals surface area (Å²) in [5, 5.41) is 3.21. The minimum absolute atomic E-state index is 0.269. The predicted octanol–water partition coefficient (Wildman–Crippen LogP) is 2.97. The van der Waals surface area contributed by atoms with Gasteiger partial charge in [-0.05, 0) is 53.6 Å². The molecule has 1 aromatic rings. The van der Waals surface area contributed by atoms with Crippen LogP contribution in [0.25, 0.3) is 0 Å². The highest BCUT2D eigenvalue weighted by Crippen LogP contribution is 2.21. The van der Waals surface area contributed by atoms with Crippen molar-refractivity contribution in [3.05, 3.63) is 28.5 Å². The Morgan fingerprint density at radius 1 is 1.47 bits per heavy atom. The zero-order valence-electron chi connectivity index (χ0n) is 8.72. The summed E-state index contributed by atoms with van der Waals surface area (Å²) >= 11 is 3.11. The lowest BCUT2D eigenvalue weighted by Gasteiger charge is -2.06. The van der Waals surface area contributed by atoms with Gasteiger partial charge in [0.2, 0.25) is 0 Å². The molecule has 0 aromatic heterocycles. The van der Waals surface area contributed by atoms with Gasteiger partial charge in [-0.1, -0.05) is 6.92 Å². The van der Waals surface area contributed by atoms with Crippen molar-refractivity contribution in [3.8, 4) is 5.75 Å². The second-order valence-corrected chi connectivity index (χ2v) is 3.99. The molecule has 0 unspecified atom stereocenters. The quantitative estimate of drug-likeness (QED) is 0.806. The Morgan fingerprint density at radius 3 is 2.93 bits per heavy atom. The smallest absolute Gasteiger partial charge is 0.137 e. The summed E-state index contributed by atoms with van der Waals surface area (Å²) in [6, 6.07) is 4.67. The molecule has 2 nitrogen and oxygen atoms in total. The van der Waals surface area contributed by atoms with Crippen LogP contribution in [0.4, 0.5) is 4.39 Å². The van der Waals surface area contributed by atoms with Gasteiger partial charge in [-0.25, -0.2) is 4.39 Å². The molecule has 1 N–H and O–H groups in total. The van der Waals surface area contributed by atoms with Crippen LogP contribution in [-0.4, -0.2) is 19.7 Å². The first kappa shape index (κ1) is 12.5. The van der Waals surface area contributed by atoms with Crippen LogP contribution in [0.2, 0.25) is 0 Å². The van der Waals surface area contributed by atoms with E-state index in [9.17, 15) is 4.39 Å². The van der Waals surface area contributed by atoms with Crippen LogP contribution < -0.4 is 10.1 Å². The monoisotopic (exact) mass is 275 g/mol. The van der Waals surface area contributed by atoms with E-state index < -0.39 is 0 Å². The van der Waals surface area contributed by atoms with Gasteiger partial charge in [0.15, 0.2) is 0 Å². The van der Waals surface area contributed by atoms with Crippen molar-refractivity contribution in [2.75, 3.05) is 19.7 Å². The Kier molecular flexibility index (Phi) is 5.65. The lowest BCUT2D eigenvalue weighted by atomic mass is 10.3. The Labute approximate surface area is 98.0 Å². The van der Waals surface area contributed by atoms with Gasteiger partial charge in [0.1, 0.15) is 11.6 Å². The first-order valence-electron chi connectivity index (χ1n) is 5.02. The van der Waals surface area contributed by atoms with Gasteiger partial charge in [-0.2, -0.15) is 0 Å². The molecule has 0 atom stereocenters. The van der Waals surface area contributed by atoms with Gasteiger partial charge in [0.05, 0.1) is 11.1 Å². The minimum Gasteiger partial charge on any atom is -0.494 e. The molecule has 0 aliphatic rings. The van der Waals surface area contributed by atoms with Crippen molar-refractivity contribution in [1.82, 2.24) is 5.32 Å². The van der Waals surface area contributed by atoms with E-state index in [1.165, 1.54) is 6.07 Å². The maximum Gasteiger partial charge on any atom is 0.137 e. The molecule has 0 heterocycles. The number of hydrogen-bond acceptors (Lipinski definition) is 2. The molecular formula is C11H15BrFNO. The van der Waals surface area contributed by atoms with Crippen LogP contribution in [0.15, 0.2) is 22.7 Å². The standard InChI is InChI=1S/C11H15BrFNO/c1-2-14-6-3-7-15-9-4-5-11(13)10(12)8-9/h4-5,8,14H,2-3,6-7H2,1H3. The summed E-state index contributed by atoms with van der Waals surface area (Å²) in [7, 11) is 0. The van der Waals surface area contributed by atoms with Crippen molar-refractivity contribution in [2.45, 2.75) is 13.3 Å². The largest absolute Gasteiger partial charge is 0.494 e. The number of ether oxygens (including phenoxy) is 1. The lowest BCUT2D eigenvalue weighted by molar-refractivity contribution is 0.308. The number of rotatable bonds is 6. The van der Waals surface area contributed by atoms with Crippen molar-refractivity contribution >= 4 is 15.9 Å². The van der Waals surface area contributed by atoms with Crippen LogP contribution in [-0.2, 0) is 0 Å². The van der Waals surface area contributed by atoms with E-state index in [2.05, 4.69) is 28.2 Å². The summed E-state index contributed by atoms with van der Waals surface area (Å²) in [6.07, 6.45) is 0.947. The average molecular weight is 276 g/mol. The topological polar surface area (TPSA) is 21.3 Å². The van der Waals surface area contributed by atoms with Crippen molar-refractivity contribution in [1.29, 1.82) is 0 Å². The molecule has 1 rings (SSSR count). The SMILES string of the molecule is CCNCCCOc1ccc(F)c(Br)c1. The maximum atomic E-state index is 12.9. The summed E-state index contributed by atoms with van der Waals surface area (Å²) in [4.78, 5) is 0. The number of hydrogen-bond donors (Lipinski definition) is 1. The Balaban J connectivity index is 2.28. The molecule has 84 valence electrons. The van der Waals surface area contributed by atoms with Gasteiger partial charge in [0.25, 0.3) is 0 Å². The fraction of sp³-hybridized carbons (Fsp3) is 0.455. The molecule has 0 radical (unpaired) electrons. The maximum absolute atomic E-state index is 12.9. The van der Waals surface area contributed by atoms with Crippen LogP contribution in [0.3, 0.4) is 0 Å².